The van der Waals surface area contributed by atoms with E-state index in [4.69, 9.17) is 22.7 Å². The van der Waals surface area contributed by atoms with Crippen LogP contribution in [0.2, 0.25) is 0 Å². The Morgan fingerprint density at radius 2 is 1.90 bits per heavy atom. The number of fused-ring (bicyclic) bond motifs is 1. The summed E-state index contributed by atoms with van der Waals surface area (Å²) in [7, 11) is 0. The average molecular weight is 298 g/mol. The van der Waals surface area contributed by atoms with Crippen molar-refractivity contribution >= 4 is 22.9 Å². The zero-order chi connectivity index (χ0) is 14.7. The van der Waals surface area contributed by atoms with Crippen LogP contribution in [-0.4, -0.2) is 24.7 Å². The molecule has 0 atom stereocenters. The lowest BCUT2D eigenvalue weighted by atomic mass is 10.2. The number of nitrogens with zero attached hydrogens (tertiary/aromatic N) is 1. The molecule has 1 aliphatic heterocycles. The predicted octanol–water partition coefficient (Wildman–Crippen LogP) is 2.76. The summed E-state index contributed by atoms with van der Waals surface area (Å²) >= 11 is 5.05. The Morgan fingerprint density at radius 1 is 1.14 bits per heavy atom. The van der Waals surface area contributed by atoms with Gasteiger partial charge in [0.1, 0.15) is 17.3 Å². The second-order valence-electron chi connectivity index (χ2n) is 5.07. The molecule has 2 aromatic carbocycles. The Hall–Kier alpha value is -2.07. The summed E-state index contributed by atoms with van der Waals surface area (Å²) < 4.78 is 5.87. The Labute approximate surface area is 130 Å². The number of ether oxygens (including phenoxy) is 1. The van der Waals surface area contributed by atoms with E-state index >= 15 is 0 Å². The first kappa shape index (κ1) is 13.9. The van der Waals surface area contributed by atoms with E-state index in [2.05, 4.69) is 29.2 Å². The molecule has 2 N–H and O–H groups in total. The summed E-state index contributed by atoms with van der Waals surface area (Å²) in [5.41, 5.74) is 9.25. The Morgan fingerprint density at radius 3 is 2.76 bits per heavy atom. The fourth-order valence-corrected chi connectivity index (χ4v) is 2.87. The van der Waals surface area contributed by atoms with Crippen LogP contribution in [0.5, 0.6) is 5.75 Å². The number of hydrogen-bond acceptors (Lipinski definition) is 3. The summed E-state index contributed by atoms with van der Waals surface area (Å²) in [5.74, 6) is 0.762. The van der Waals surface area contributed by atoms with Gasteiger partial charge in [-0.1, -0.05) is 42.5 Å². The normalized spacial score (nSPS) is 13.0. The topological polar surface area (TPSA) is 38.5 Å². The highest BCUT2D eigenvalue weighted by molar-refractivity contribution is 7.80. The maximum Gasteiger partial charge on any atom is 0.129 e. The van der Waals surface area contributed by atoms with E-state index in [0.29, 0.717) is 11.6 Å². The molecule has 0 saturated carbocycles. The van der Waals surface area contributed by atoms with Crippen LogP contribution >= 0.6 is 12.2 Å². The van der Waals surface area contributed by atoms with Crippen LogP contribution in [0, 0.1) is 0 Å². The molecule has 0 bridgehead atoms. The highest BCUT2D eigenvalue weighted by atomic mass is 32.1. The summed E-state index contributed by atoms with van der Waals surface area (Å²) in [6.45, 7) is 2.54. The number of anilines is 1. The fraction of sp³-hybridized carbons (Fsp3) is 0.235. The Kier molecular flexibility index (Phi) is 4.06. The van der Waals surface area contributed by atoms with Crippen molar-refractivity contribution < 1.29 is 4.74 Å². The minimum absolute atomic E-state index is 0.372. The van der Waals surface area contributed by atoms with E-state index in [1.165, 1.54) is 11.3 Å². The SMILES string of the molecule is NC(=S)c1ccccc1OCCN1CCc2ccccc21. The van der Waals surface area contributed by atoms with Crippen LogP contribution in [0.15, 0.2) is 48.5 Å². The maximum absolute atomic E-state index is 5.87. The molecule has 2 aromatic rings. The van der Waals surface area contributed by atoms with E-state index in [9.17, 15) is 0 Å². The summed E-state index contributed by atoms with van der Waals surface area (Å²) in [5, 5.41) is 0. The smallest absolute Gasteiger partial charge is 0.129 e. The highest BCUT2D eigenvalue weighted by Gasteiger charge is 2.17. The van der Waals surface area contributed by atoms with Gasteiger partial charge in [0.15, 0.2) is 0 Å². The van der Waals surface area contributed by atoms with E-state index in [-0.39, 0.29) is 0 Å². The average Bonchev–Trinajstić information content (AvgIpc) is 2.91. The van der Waals surface area contributed by atoms with Gasteiger partial charge in [0.2, 0.25) is 0 Å². The van der Waals surface area contributed by atoms with E-state index in [1.807, 2.05) is 24.3 Å². The molecular weight excluding hydrogens is 280 g/mol. The Bertz CT molecular complexity index is 657. The molecule has 0 unspecified atom stereocenters. The van der Waals surface area contributed by atoms with Gasteiger partial charge in [-0.2, -0.15) is 0 Å². The van der Waals surface area contributed by atoms with E-state index in [0.717, 1.165) is 30.8 Å². The van der Waals surface area contributed by atoms with Gasteiger partial charge >= 0.3 is 0 Å². The zero-order valence-electron chi connectivity index (χ0n) is 11.8. The van der Waals surface area contributed by atoms with Crippen molar-refractivity contribution in [1.29, 1.82) is 0 Å². The lowest BCUT2D eigenvalue weighted by Gasteiger charge is -2.20. The van der Waals surface area contributed by atoms with E-state index < -0.39 is 0 Å². The molecule has 3 nitrogen and oxygen atoms in total. The molecule has 3 rings (SSSR count). The van der Waals surface area contributed by atoms with Crippen LogP contribution in [0.25, 0.3) is 0 Å². The molecule has 0 fully saturated rings. The second kappa shape index (κ2) is 6.14. The van der Waals surface area contributed by atoms with Crippen LogP contribution in [0.1, 0.15) is 11.1 Å². The van der Waals surface area contributed by atoms with Gasteiger partial charge in [-0.05, 0) is 30.2 Å². The van der Waals surface area contributed by atoms with Crippen molar-refractivity contribution in [2.45, 2.75) is 6.42 Å². The van der Waals surface area contributed by atoms with Gasteiger partial charge in [-0.3, -0.25) is 0 Å². The van der Waals surface area contributed by atoms with Crippen molar-refractivity contribution in [3.8, 4) is 5.75 Å². The molecule has 0 radical (unpaired) electrons. The van der Waals surface area contributed by atoms with Gasteiger partial charge in [-0.15, -0.1) is 0 Å². The number of para-hydroxylation sites is 2. The molecule has 0 aromatic heterocycles. The minimum Gasteiger partial charge on any atom is -0.491 e. The third-order valence-electron chi connectivity index (χ3n) is 3.75. The molecule has 0 saturated heterocycles. The third kappa shape index (κ3) is 3.00. The first-order valence-corrected chi connectivity index (χ1v) is 7.51. The highest BCUT2D eigenvalue weighted by Crippen LogP contribution is 2.27. The third-order valence-corrected chi connectivity index (χ3v) is 3.97. The lowest BCUT2D eigenvalue weighted by Crippen LogP contribution is -2.26. The van der Waals surface area contributed by atoms with Crippen LogP contribution in [0.4, 0.5) is 5.69 Å². The first-order chi connectivity index (χ1) is 10.3. The summed E-state index contributed by atoms with van der Waals surface area (Å²) in [4.78, 5) is 2.73. The van der Waals surface area contributed by atoms with Gasteiger partial charge in [0, 0.05) is 12.2 Å². The number of hydrogen-bond donors (Lipinski definition) is 1. The van der Waals surface area contributed by atoms with Gasteiger partial charge in [0.05, 0.1) is 12.1 Å². The first-order valence-electron chi connectivity index (χ1n) is 7.10. The monoisotopic (exact) mass is 298 g/mol. The van der Waals surface area contributed by atoms with Gasteiger partial charge in [-0.25, -0.2) is 0 Å². The predicted molar refractivity (Wildman–Crippen MR) is 90.2 cm³/mol. The molecule has 0 amide bonds. The molecule has 0 spiro atoms. The fourth-order valence-electron chi connectivity index (χ4n) is 2.70. The van der Waals surface area contributed by atoms with Crippen molar-refractivity contribution in [2.24, 2.45) is 5.73 Å². The van der Waals surface area contributed by atoms with E-state index in [1.54, 1.807) is 0 Å². The van der Waals surface area contributed by atoms with Gasteiger partial charge in [0.25, 0.3) is 0 Å². The molecular formula is C17H18N2OS. The van der Waals surface area contributed by atoms with Crippen LogP contribution in [-0.2, 0) is 6.42 Å². The Balaban J connectivity index is 1.62. The number of nitrogens with two attached hydrogens (primary N) is 1. The minimum atomic E-state index is 0.372. The largest absolute Gasteiger partial charge is 0.491 e. The van der Waals surface area contributed by atoms with Crippen molar-refractivity contribution in [2.75, 3.05) is 24.6 Å². The van der Waals surface area contributed by atoms with Crippen molar-refractivity contribution in [3.05, 3.63) is 59.7 Å². The van der Waals surface area contributed by atoms with Crippen LogP contribution < -0.4 is 15.4 Å². The number of benzene rings is 2. The van der Waals surface area contributed by atoms with Crippen molar-refractivity contribution in [3.63, 3.8) is 0 Å². The standard InChI is InChI=1S/C17H18N2OS/c18-17(21)14-6-2-4-8-16(14)20-12-11-19-10-9-13-5-1-3-7-15(13)19/h1-8H,9-12H2,(H2,18,21). The quantitative estimate of drug-likeness (QED) is 0.862. The molecule has 1 aliphatic rings. The summed E-state index contributed by atoms with van der Waals surface area (Å²) in [6.07, 6.45) is 1.11. The van der Waals surface area contributed by atoms with Gasteiger partial charge < -0.3 is 15.4 Å². The molecule has 1 heterocycles. The van der Waals surface area contributed by atoms with Crippen LogP contribution in [0.3, 0.4) is 0 Å². The second-order valence-corrected chi connectivity index (χ2v) is 5.51. The van der Waals surface area contributed by atoms with Crippen molar-refractivity contribution in [1.82, 2.24) is 0 Å². The molecule has 108 valence electrons. The molecule has 21 heavy (non-hydrogen) atoms. The number of rotatable bonds is 5. The molecule has 0 aliphatic carbocycles. The number of thiocarbonyl (C=S) groups is 1. The lowest BCUT2D eigenvalue weighted by molar-refractivity contribution is 0.324. The molecule has 4 heteroatoms. The summed E-state index contributed by atoms with van der Waals surface area (Å²) in [6, 6.07) is 16.2. The maximum atomic E-state index is 5.87. The zero-order valence-corrected chi connectivity index (χ0v) is 12.6.